The van der Waals surface area contributed by atoms with Crippen LogP contribution in [-0.4, -0.2) is 15.2 Å². The Morgan fingerprint density at radius 3 is 2.69 bits per heavy atom. The summed E-state index contributed by atoms with van der Waals surface area (Å²) in [6, 6.07) is 3.65. The highest BCUT2D eigenvalue weighted by Crippen LogP contribution is 2.20. The predicted molar refractivity (Wildman–Crippen MR) is 52.3 cm³/mol. The van der Waals surface area contributed by atoms with Crippen LogP contribution < -0.4 is 5.73 Å². The molecule has 0 saturated heterocycles. The molecule has 4 nitrogen and oxygen atoms in total. The molecule has 0 radical (unpaired) electrons. The molecule has 2 aromatic heterocycles. The van der Waals surface area contributed by atoms with E-state index in [1.807, 2.05) is 13.0 Å². The van der Waals surface area contributed by atoms with Crippen LogP contribution >= 0.6 is 11.3 Å². The van der Waals surface area contributed by atoms with Gasteiger partial charge in [-0.3, -0.25) is 4.98 Å². The highest BCUT2D eigenvalue weighted by molar-refractivity contribution is 7.14. The lowest BCUT2D eigenvalue weighted by Gasteiger charge is -1.93. The molecule has 2 N–H and O–H groups in total. The van der Waals surface area contributed by atoms with E-state index in [9.17, 15) is 0 Å². The maximum atomic E-state index is 5.51. The van der Waals surface area contributed by atoms with Crippen molar-refractivity contribution in [1.82, 2.24) is 15.2 Å². The van der Waals surface area contributed by atoms with Crippen LogP contribution in [0.5, 0.6) is 0 Å². The zero-order valence-corrected chi connectivity index (χ0v) is 7.88. The van der Waals surface area contributed by atoms with Gasteiger partial charge in [0, 0.05) is 0 Å². The van der Waals surface area contributed by atoms with Gasteiger partial charge in [0.25, 0.3) is 0 Å². The molecule has 0 aliphatic carbocycles. The summed E-state index contributed by atoms with van der Waals surface area (Å²) in [5.74, 6) is 0. The maximum absolute atomic E-state index is 5.51. The van der Waals surface area contributed by atoms with Crippen LogP contribution in [0.1, 0.15) is 5.01 Å². The van der Waals surface area contributed by atoms with E-state index in [0.29, 0.717) is 5.69 Å². The molecule has 0 aliphatic heterocycles. The number of hydrogen-bond acceptors (Lipinski definition) is 5. The number of hydrogen-bond donors (Lipinski definition) is 1. The van der Waals surface area contributed by atoms with Crippen molar-refractivity contribution in [2.75, 3.05) is 5.73 Å². The van der Waals surface area contributed by atoms with Gasteiger partial charge >= 0.3 is 0 Å². The summed E-state index contributed by atoms with van der Waals surface area (Å²) >= 11 is 1.52. The molecule has 0 spiro atoms. The molecule has 13 heavy (non-hydrogen) atoms. The Balaban J connectivity index is 2.41. The molecule has 0 aliphatic rings. The second-order valence-electron chi connectivity index (χ2n) is 2.60. The topological polar surface area (TPSA) is 64.7 Å². The third-order valence-corrected chi connectivity index (χ3v) is 2.39. The van der Waals surface area contributed by atoms with Crippen LogP contribution in [0.2, 0.25) is 0 Å². The van der Waals surface area contributed by atoms with Crippen LogP contribution in [0.25, 0.3) is 10.7 Å². The van der Waals surface area contributed by atoms with Gasteiger partial charge in [0.2, 0.25) is 0 Å². The average molecular weight is 192 g/mol. The molecular formula is C8H8N4S. The van der Waals surface area contributed by atoms with Crippen molar-refractivity contribution in [1.29, 1.82) is 0 Å². The number of nitrogens with two attached hydrogens (primary N) is 1. The molecular weight excluding hydrogens is 184 g/mol. The van der Waals surface area contributed by atoms with Crippen molar-refractivity contribution in [3.63, 3.8) is 0 Å². The van der Waals surface area contributed by atoms with Crippen LogP contribution in [0.15, 0.2) is 18.3 Å². The second-order valence-corrected chi connectivity index (χ2v) is 3.78. The first-order chi connectivity index (χ1) is 6.25. The Bertz CT molecular complexity index is 406. The maximum Gasteiger partial charge on any atom is 0.166 e. The lowest BCUT2D eigenvalue weighted by Crippen LogP contribution is -1.87. The van der Waals surface area contributed by atoms with Gasteiger partial charge in [-0.2, -0.15) is 0 Å². The molecule has 0 atom stereocenters. The highest BCUT2D eigenvalue weighted by Gasteiger charge is 2.03. The van der Waals surface area contributed by atoms with Crippen molar-refractivity contribution in [2.45, 2.75) is 6.92 Å². The highest BCUT2D eigenvalue weighted by atomic mass is 32.1. The van der Waals surface area contributed by atoms with Gasteiger partial charge in [0.15, 0.2) is 5.01 Å². The molecule has 2 heterocycles. The van der Waals surface area contributed by atoms with Gasteiger partial charge < -0.3 is 5.73 Å². The summed E-state index contributed by atoms with van der Waals surface area (Å²) in [6.45, 7) is 1.92. The summed E-state index contributed by atoms with van der Waals surface area (Å²) in [5, 5.41) is 9.66. The van der Waals surface area contributed by atoms with E-state index in [1.54, 1.807) is 12.3 Å². The van der Waals surface area contributed by atoms with Crippen LogP contribution in [0.4, 0.5) is 5.69 Å². The summed E-state index contributed by atoms with van der Waals surface area (Å²) in [6.07, 6.45) is 1.62. The first kappa shape index (κ1) is 8.12. The van der Waals surface area contributed by atoms with Gasteiger partial charge in [0.05, 0.1) is 11.9 Å². The number of anilines is 1. The van der Waals surface area contributed by atoms with Crippen molar-refractivity contribution in [2.24, 2.45) is 0 Å². The van der Waals surface area contributed by atoms with E-state index < -0.39 is 0 Å². The third-order valence-electron chi connectivity index (χ3n) is 1.53. The Morgan fingerprint density at radius 1 is 1.31 bits per heavy atom. The number of nitrogens with zero attached hydrogens (tertiary/aromatic N) is 3. The zero-order chi connectivity index (χ0) is 9.26. The minimum Gasteiger partial charge on any atom is -0.397 e. The largest absolute Gasteiger partial charge is 0.397 e. The molecule has 0 saturated carbocycles. The molecule has 0 bridgehead atoms. The number of pyridine rings is 1. The smallest absolute Gasteiger partial charge is 0.166 e. The number of rotatable bonds is 1. The lowest BCUT2D eigenvalue weighted by atomic mass is 10.3. The Hall–Kier alpha value is -1.49. The summed E-state index contributed by atoms with van der Waals surface area (Å²) in [4.78, 5) is 4.14. The van der Waals surface area contributed by atoms with E-state index in [0.717, 1.165) is 15.7 Å². The monoisotopic (exact) mass is 192 g/mol. The molecule has 0 unspecified atom stereocenters. The molecule has 5 heteroatoms. The molecule has 2 aromatic rings. The fraction of sp³-hybridized carbons (Fsp3) is 0.125. The van der Waals surface area contributed by atoms with Gasteiger partial charge in [-0.15, -0.1) is 10.2 Å². The van der Waals surface area contributed by atoms with E-state index in [-0.39, 0.29) is 0 Å². The van der Waals surface area contributed by atoms with Crippen molar-refractivity contribution >= 4 is 17.0 Å². The normalized spacial score (nSPS) is 10.2. The third kappa shape index (κ3) is 1.65. The van der Waals surface area contributed by atoms with Crippen LogP contribution in [0, 0.1) is 6.92 Å². The van der Waals surface area contributed by atoms with Crippen molar-refractivity contribution in [3.05, 3.63) is 23.3 Å². The van der Waals surface area contributed by atoms with Gasteiger partial charge in [0.1, 0.15) is 10.7 Å². The molecule has 0 fully saturated rings. The van der Waals surface area contributed by atoms with E-state index in [2.05, 4.69) is 15.2 Å². The molecule has 0 amide bonds. The summed E-state index contributed by atoms with van der Waals surface area (Å²) < 4.78 is 0. The molecule has 66 valence electrons. The fourth-order valence-corrected chi connectivity index (χ4v) is 1.60. The number of aryl methyl sites for hydroxylation is 1. The number of aromatic nitrogens is 3. The lowest BCUT2D eigenvalue weighted by molar-refractivity contribution is 1.05. The first-order valence-electron chi connectivity index (χ1n) is 3.78. The van der Waals surface area contributed by atoms with Gasteiger partial charge in [-0.25, -0.2) is 0 Å². The van der Waals surface area contributed by atoms with E-state index >= 15 is 0 Å². The first-order valence-corrected chi connectivity index (χ1v) is 4.59. The van der Waals surface area contributed by atoms with Crippen molar-refractivity contribution in [3.8, 4) is 10.7 Å². The van der Waals surface area contributed by atoms with Gasteiger partial charge in [-0.05, 0) is 19.1 Å². The quantitative estimate of drug-likeness (QED) is 0.743. The Morgan fingerprint density at radius 2 is 2.15 bits per heavy atom. The Kier molecular flexibility index (Phi) is 1.94. The molecule has 0 aromatic carbocycles. The minimum atomic E-state index is 0.657. The average Bonchev–Trinajstić information content (AvgIpc) is 2.53. The standard InChI is InChI=1S/C8H8N4S/c1-5-11-12-8(13-5)7-3-2-6(9)4-10-7/h2-4H,9H2,1H3. The van der Waals surface area contributed by atoms with E-state index in [4.69, 9.17) is 5.73 Å². The summed E-state index contributed by atoms with van der Waals surface area (Å²) in [7, 11) is 0. The van der Waals surface area contributed by atoms with E-state index in [1.165, 1.54) is 11.3 Å². The fourth-order valence-electron chi connectivity index (χ4n) is 0.932. The number of nitrogen functional groups attached to an aromatic ring is 1. The summed E-state index contributed by atoms with van der Waals surface area (Å²) in [5.41, 5.74) is 6.99. The van der Waals surface area contributed by atoms with Crippen molar-refractivity contribution < 1.29 is 0 Å². The predicted octanol–water partition coefficient (Wildman–Crippen LogP) is 1.49. The second kappa shape index (κ2) is 3.10. The van der Waals surface area contributed by atoms with Gasteiger partial charge in [-0.1, -0.05) is 11.3 Å². The Labute approximate surface area is 79.5 Å². The molecule has 2 rings (SSSR count). The SMILES string of the molecule is Cc1nnc(-c2ccc(N)cn2)s1. The zero-order valence-electron chi connectivity index (χ0n) is 7.06. The minimum absolute atomic E-state index is 0.657. The van der Waals surface area contributed by atoms with Crippen LogP contribution in [-0.2, 0) is 0 Å². The van der Waals surface area contributed by atoms with Crippen LogP contribution in [0.3, 0.4) is 0 Å².